The van der Waals surface area contributed by atoms with Gasteiger partial charge in [0.1, 0.15) is 22.9 Å². The van der Waals surface area contributed by atoms with Crippen molar-refractivity contribution in [2.45, 2.75) is 13.1 Å². The van der Waals surface area contributed by atoms with E-state index in [0.29, 0.717) is 36.0 Å². The summed E-state index contributed by atoms with van der Waals surface area (Å²) in [5, 5.41) is 24.3. The Labute approximate surface area is 298 Å². The third-order valence-corrected chi connectivity index (χ3v) is 7.03. The summed E-state index contributed by atoms with van der Waals surface area (Å²) in [6, 6.07) is 34.6. The molecule has 0 spiro atoms. The van der Waals surface area contributed by atoms with Crippen molar-refractivity contribution >= 4 is 23.2 Å². The van der Waals surface area contributed by atoms with E-state index in [9.17, 15) is 10.2 Å². The van der Waals surface area contributed by atoms with Gasteiger partial charge in [0.2, 0.25) is 13.3 Å². The summed E-state index contributed by atoms with van der Waals surface area (Å²) in [5.74, 6) is 0.666. The Morgan fingerprint density at radius 2 is 0.878 bits per heavy atom. The topological polar surface area (TPSA) is 102 Å². The maximum Gasteiger partial charge on any atom is 2.00 e. The van der Waals surface area contributed by atoms with Crippen molar-refractivity contribution < 1.29 is 36.2 Å². The zero-order chi connectivity index (χ0) is 33.6. The Hall–Kier alpha value is -5.41. The second-order valence-electron chi connectivity index (χ2n) is 10.6. The largest absolute Gasteiger partial charge is 2.00 e. The Bertz CT molecular complexity index is 1590. The van der Waals surface area contributed by atoms with Crippen LogP contribution in [0.5, 0.6) is 11.5 Å². The Morgan fingerprint density at radius 3 is 1.27 bits per heavy atom. The number of nitrogens with zero attached hydrogens (tertiary/aromatic N) is 6. The van der Waals surface area contributed by atoms with Crippen molar-refractivity contribution in [2.24, 2.45) is 9.98 Å². The van der Waals surface area contributed by atoms with Crippen LogP contribution in [0.25, 0.3) is 0 Å². The normalized spacial score (nSPS) is 14.0. The second-order valence-corrected chi connectivity index (χ2v) is 10.6. The molecule has 0 atom stereocenters. The molecule has 4 aromatic rings. The maximum atomic E-state index is 12.1. The van der Waals surface area contributed by atoms with Gasteiger partial charge in [0.25, 0.3) is 0 Å². The van der Waals surface area contributed by atoms with Crippen molar-refractivity contribution in [3.63, 3.8) is 0 Å². The van der Waals surface area contributed by atoms with Gasteiger partial charge in [-0.15, -0.1) is 0 Å². The molecule has 49 heavy (non-hydrogen) atoms. The van der Waals surface area contributed by atoms with Gasteiger partial charge < -0.3 is 39.3 Å². The number of aliphatic imine (C=N–C) groups is 2. The number of benzene rings is 4. The van der Waals surface area contributed by atoms with Crippen LogP contribution in [0.15, 0.2) is 144 Å². The van der Waals surface area contributed by atoms with Crippen LogP contribution in [-0.4, -0.2) is 58.7 Å². The monoisotopic (exact) mass is 698 g/mol. The van der Waals surface area contributed by atoms with E-state index in [1.165, 1.54) is 11.1 Å². The van der Waals surface area contributed by atoms with E-state index >= 15 is 0 Å². The van der Waals surface area contributed by atoms with E-state index in [1.54, 1.807) is 48.3 Å². The zero-order valence-corrected chi connectivity index (χ0v) is 28.2. The fourth-order valence-corrected chi connectivity index (χ4v) is 4.77. The summed E-state index contributed by atoms with van der Waals surface area (Å²) >= 11 is 0. The third kappa shape index (κ3) is 11.4. The van der Waals surface area contributed by atoms with Crippen molar-refractivity contribution in [1.29, 1.82) is 0 Å². The molecular formula is C38H36N6NiO4. The molecule has 0 bridgehead atoms. The molecule has 2 aliphatic heterocycles. The van der Waals surface area contributed by atoms with E-state index in [1.807, 2.05) is 95.3 Å². The Kier molecular flexibility index (Phi) is 14.0. The molecule has 0 saturated carbocycles. The second kappa shape index (κ2) is 18.8. The summed E-state index contributed by atoms with van der Waals surface area (Å²) in [5.41, 5.74) is 3.44. The van der Waals surface area contributed by atoms with Gasteiger partial charge in [0, 0.05) is 51.0 Å². The summed E-state index contributed by atoms with van der Waals surface area (Å²) in [4.78, 5) is 15.4. The number of hydrogen-bond acceptors (Lipinski definition) is 10. The van der Waals surface area contributed by atoms with Gasteiger partial charge in [0.15, 0.2) is 0 Å². The van der Waals surface area contributed by atoms with Gasteiger partial charge in [-0.3, -0.25) is 9.98 Å². The molecular weight excluding hydrogens is 663 g/mol. The summed E-state index contributed by atoms with van der Waals surface area (Å²) in [6.45, 7) is 7.96. The first-order valence-electron chi connectivity index (χ1n) is 15.3. The molecule has 2 aliphatic rings. The molecule has 252 valence electrons. The minimum absolute atomic E-state index is 0. The quantitative estimate of drug-likeness (QED) is 0.119. The molecule has 0 unspecified atom stereocenters. The molecule has 4 aromatic carbocycles. The van der Waals surface area contributed by atoms with Gasteiger partial charge in [-0.25, -0.2) is 0 Å². The van der Waals surface area contributed by atoms with Crippen molar-refractivity contribution in [3.8, 4) is 11.5 Å². The molecule has 0 saturated heterocycles. The van der Waals surface area contributed by atoms with E-state index < -0.39 is 0 Å². The zero-order valence-electron chi connectivity index (χ0n) is 27.2. The first kappa shape index (κ1) is 36.4. The number of ether oxygens (including phenoxy) is 2. The summed E-state index contributed by atoms with van der Waals surface area (Å²) in [6.07, 6.45) is 7.42. The van der Waals surface area contributed by atoms with Crippen molar-refractivity contribution in [3.05, 3.63) is 158 Å². The minimum Gasteiger partial charge on any atom is -0.860 e. The predicted octanol–water partition coefficient (Wildman–Crippen LogP) is 4.74. The molecule has 6 rings (SSSR count). The van der Waals surface area contributed by atoms with Crippen LogP contribution in [0, 0.1) is 13.3 Å². The van der Waals surface area contributed by atoms with Crippen molar-refractivity contribution in [1.82, 2.24) is 19.6 Å². The van der Waals surface area contributed by atoms with Gasteiger partial charge in [-0.05, 0) is 47.2 Å². The average Bonchev–Trinajstić information content (AvgIpc) is 3.74. The van der Waals surface area contributed by atoms with Crippen LogP contribution in [0.4, 0.5) is 11.4 Å². The molecule has 0 aromatic heterocycles. The van der Waals surface area contributed by atoms with Gasteiger partial charge in [0.05, 0.1) is 14.2 Å². The van der Waals surface area contributed by atoms with Crippen LogP contribution in [-0.2, 0) is 29.6 Å². The van der Waals surface area contributed by atoms with Gasteiger partial charge >= 0.3 is 16.5 Å². The van der Waals surface area contributed by atoms with Crippen molar-refractivity contribution in [2.75, 3.05) is 27.3 Å². The van der Waals surface area contributed by atoms with Crippen LogP contribution < -0.4 is 19.7 Å². The average molecular weight is 699 g/mol. The summed E-state index contributed by atoms with van der Waals surface area (Å²) in [7, 11) is 3.12. The molecule has 11 heteroatoms. The van der Waals surface area contributed by atoms with Crippen LogP contribution in [0.2, 0.25) is 0 Å². The molecule has 10 nitrogen and oxygen atoms in total. The molecule has 4 radical (unpaired) electrons. The Balaban J connectivity index is 0.000000216. The first-order valence-corrected chi connectivity index (χ1v) is 15.3. The van der Waals surface area contributed by atoms with Gasteiger partial charge in [-0.1, -0.05) is 84.9 Å². The minimum atomic E-state index is -0.252. The smallest absolute Gasteiger partial charge is 0.860 e. The molecule has 0 amide bonds. The number of para-hydroxylation sites is 4. The molecule has 2 heterocycles. The Morgan fingerprint density at radius 1 is 0.531 bits per heavy atom. The van der Waals surface area contributed by atoms with E-state index in [2.05, 4.69) is 47.6 Å². The standard InChI is InChI=1S/2C19H19N3O2.Ni/c2*1-24-18-10-6-5-9-17(18)20-19(23)14-22-12-11-21(15-22)13-16-7-3-2-4-8-16;/h2*2-12H,13-14H2,1H3,(H,20,23);/q;;+2/p-2. The fraction of sp³-hybridized carbons (Fsp3) is 0.158. The molecule has 0 N–H and O–H groups in total. The van der Waals surface area contributed by atoms with Crippen LogP contribution in [0.3, 0.4) is 0 Å². The number of hydrogen-bond donors (Lipinski definition) is 0. The van der Waals surface area contributed by atoms with E-state index in [4.69, 9.17) is 9.47 Å². The van der Waals surface area contributed by atoms with E-state index in [-0.39, 0.29) is 41.4 Å². The summed E-state index contributed by atoms with van der Waals surface area (Å²) < 4.78 is 10.4. The maximum absolute atomic E-state index is 12.1. The number of rotatable bonds is 12. The first-order chi connectivity index (χ1) is 23.5. The van der Waals surface area contributed by atoms with Gasteiger partial charge in [-0.2, -0.15) is 0 Å². The molecule has 0 aliphatic carbocycles. The molecule has 0 fully saturated rings. The predicted molar refractivity (Wildman–Crippen MR) is 182 cm³/mol. The SMILES string of the molecule is COc1ccccc1N=C([O-])CN1[C]N(Cc2ccccc2)C=C1.COc1ccccc1N=C([O-])CN1[C]N(Cc2ccccc2)C=C1.[Ni+2]. The van der Waals surface area contributed by atoms with Crippen LogP contribution in [0.1, 0.15) is 11.1 Å². The van der Waals surface area contributed by atoms with E-state index in [0.717, 1.165) is 0 Å². The fourth-order valence-electron chi connectivity index (χ4n) is 4.77. The third-order valence-electron chi connectivity index (χ3n) is 7.03. The van der Waals surface area contributed by atoms with Crippen LogP contribution >= 0.6 is 0 Å². The number of methoxy groups -OCH3 is 2.